The van der Waals surface area contributed by atoms with Crippen LogP contribution in [0.2, 0.25) is 0 Å². The lowest BCUT2D eigenvalue weighted by atomic mass is 10.2. The third-order valence-electron chi connectivity index (χ3n) is 2.95. The van der Waals surface area contributed by atoms with Gasteiger partial charge < -0.3 is 5.32 Å². The smallest absolute Gasteiger partial charge is 0.132 e. The van der Waals surface area contributed by atoms with E-state index in [1.165, 1.54) is 10.9 Å². The van der Waals surface area contributed by atoms with E-state index >= 15 is 0 Å². The highest BCUT2D eigenvalue weighted by Crippen LogP contribution is 2.33. The van der Waals surface area contributed by atoms with Crippen LogP contribution in [-0.2, 0) is 0 Å². The molecule has 1 aromatic carbocycles. The summed E-state index contributed by atoms with van der Waals surface area (Å²) in [5.74, 6) is -0.183. The van der Waals surface area contributed by atoms with Crippen molar-refractivity contribution in [2.24, 2.45) is 0 Å². The minimum atomic E-state index is -0.183. The number of benzene rings is 1. The molecule has 0 saturated heterocycles. The zero-order valence-electron chi connectivity index (χ0n) is 11.0. The van der Waals surface area contributed by atoms with Crippen molar-refractivity contribution < 1.29 is 4.39 Å². The van der Waals surface area contributed by atoms with Gasteiger partial charge in [-0.1, -0.05) is 22.9 Å². The third-order valence-corrected chi connectivity index (χ3v) is 4.75. The Bertz CT molecular complexity index is 553. The molecule has 1 heterocycles. The number of hydrogen-bond acceptors (Lipinski definition) is 2. The zero-order valence-corrected chi connectivity index (χ0v) is 13.4. The molecule has 1 unspecified atom stereocenters. The maximum atomic E-state index is 13.9. The van der Waals surface area contributed by atoms with Crippen LogP contribution in [0, 0.1) is 5.82 Å². The van der Waals surface area contributed by atoms with Crippen LogP contribution in [0.3, 0.4) is 0 Å². The van der Waals surface area contributed by atoms with Crippen molar-refractivity contribution in [2.45, 2.75) is 26.3 Å². The minimum Gasteiger partial charge on any atom is -0.309 e. The fourth-order valence-corrected chi connectivity index (χ4v) is 3.28. The SMILES string of the molecule is CCCNC(C)c1ccc(-c2ccc(Br)cc2F)s1. The van der Waals surface area contributed by atoms with Gasteiger partial charge in [-0.05, 0) is 50.2 Å². The Morgan fingerprint density at radius 2 is 2.11 bits per heavy atom. The van der Waals surface area contributed by atoms with Crippen LogP contribution >= 0.6 is 27.3 Å². The van der Waals surface area contributed by atoms with Crippen LogP contribution in [0.5, 0.6) is 0 Å². The Hall–Kier alpha value is -0.710. The number of thiophene rings is 1. The second kappa shape index (κ2) is 6.64. The standard InChI is InChI=1S/C15H17BrFNS/c1-3-8-18-10(2)14-6-7-15(19-14)12-5-4-11(16)9-13(12)17/h4-7,9-10,18H,3,8H2,1-2H3. The summed E-state index contributed by atoms with van der Waals surface area (Å²) < 4.78 is 14.7. The van der Waals surface area contributed by atoms with E-state index in [-0.39, 0.29) is 5.82 Å². The molecule has 0 bridgehead atoms. The van der Waals surface area contributed by atoms with Gasteiger partial charge in [-0.25, -0.2) is 4.39 Å². The molecule has 102 valence electrons. The van der Waals surface area contributed by atoms with Gasteiger partial charge in [0.1, 0.15) is 5.82 Å². The van der Waals surface area contributed by atoms with E-state index in [2.05, 4.69) is 41.2 Å². The first-order valence-electron chi connectivity index (χ1n) is 6.40. The highest BCUT2D eigenvalue weighted by molar-refractivity contribution is 9.10. The van der Waals surface area contributed by atoms with Gasteiger partial charge in [-0.15, -0.1) is 11.3 Å². The number of nitrogens with one attached hydrogen (secondary N) is 1. The largest absolute Gasteiger partial charge is 0.309 e. The average molecular weight is 342 g/mol. The summed E-state index contributed by atoms with van der Waals surface area (Å²) in [6.45, 7) is 5.29. The fraction of sp³-hybridized carbons (Fsp3) is 0.333. The predicted octanol–water partition coefficient (Wildman–Crippen LogP) is 5.38. The van der Waals surface area contributed by atoms with Crippen LogP contribution < -0.4 is 5.32 Å². The summed E-state index contributed by atoms with van der Waals surface area (Å²) in [5, 5.41) is 3.45. The molecule has 0 aliphatic heterocycles. The summed E-state index contributed by atoms with van der Waals surface area (Å²) in [4.78, 5) is 2.22. The quantitative estimate of drug-likeness (QED) is 0.769. The van der Waals surface area contributed by atoms with Crippen molar-refractivity contribution >= 4 is 27.3 Å². The lowest BCUT2D eigenvalue weighted by Gasteiger charge is -2.10. The molecule has 1 N–H and O–H groups in total. The van der Waals surface area contributed by atoms with E-state index in [0.29, 0.717) is 11.6 Å². The van der Waals surface area contributed by atoms with E-state index in [9.17, 15) is 4.39 Å². The average Bonchev–Trinajstić information content (AvgIpc) is 2.85. The first-order valence-corrected chi connectivity index (χ1v) is 8.01. The van der Waals surface area contributed by atoms with Crippen LogP contribution in [0.4, 0.5) is 4.39 Å². The molecule has 0 saturated carbocycles. The Morgan fingerprint density at radius 3 is 2.79 bits per heavy atom. The van der Waals surface area contributed by atoms with Crippen molar-refractivity contribution in [1.29, 1.82) is 0 Å². The second-order valence-corrected chi connectivity index (χ2v) is 6.53. The van der Waals surface area contributed by atoms with Crippen molar-refractivity contribution in [3.8, 4) is 10.4 Å². The van der Waals surface area contributed by atoms with Gasteiger partial charge in [0.25, 0.3) is 0 Å². The van der Waals surface area contributed by atoms with Gasteiger partial charge in [0, 0.05) is 25.8 Å². The lowest BCUT2D eigenvalue weighted by molar-refractivity contribution is 0.578. The Labute approximate surface area is 126 Å². The molecule has 0 spiro atoms. The molecule has 1 aromatic heterocycles. The van der Waals surface area contributed by atoms with Crippen LogP contribution in [0.25, 0.3) is 10.4 Å². The molecule has 0 aliphatic carbocycles. The zero-order chi connectivity index (χ0) is 13.8. The van der Waals surface area contributed by atoms with Gasteiger partial charge in [0.2, 0.25) is 0 Å². The van der Waals surface area contributed by atoms with Crippen LogP contribution in [0.1, 0.15) is 31.2 Å². The molecular weight excluding hydrogens is 325 g/mol. The summed E-state index contributed by atoms with van der Waals surface area (Å²) >= 11 is 4.93. The van der Waals surface area contributed by atoms with E-state index < -0.39 is 0 Å². The van der Waals surface area contributed by atoms with E-state index in [1.807, 2.05) is 18.2 Å². The third kappa shape index (κ3) is 3.65. The molecule has 4 heteroatoms. The topological polar surface area (TPSA) is 12.0 Å². The van der Waals surface area contributed by atoms with Crippen molar-refractivity contribution in [3.63, 3.8) is 0 Å². The molecule has 0 fully saturated rings. The molecule has 1 nitrogen and oxygen atoms in total. The van der Waals surface area contributed by atoms with Gasteiger partial charge in [-0.2, -0.15) is 0 Å². The molecular formula is C15H17BrFNS. The monoisotopic (exact) mass is 341 g/mol. The highest BCUT2D eigenvalue weighted by atomic mass is 79.9. The molecule has 0 amide bonds. The Morgan fingerprint density at radius 1 is 1.32 bits per heavy atom. The van der Waals surface area contributed by atoms with E-state index in [1.54, 1.807) is 11.3 Å². The Balaban J connectivity index is 2.20. The molecule has 0 radical (unpaired) electrons. The van der Waals surface area contributed by atoms with Crippen molar-refractivity contribution in [1.82, 2.24) is 5.32 Å². The van der Waals surface area contributed by atoms with E-state index in [4.69, 9.17) is 0 Å². The lowest BCUT2D eigenvalue weighted by Crippen LogP contribution is -2.18. The fourth-order valence-electron chi connectivity index (χ4n) is 1.88. The summed E-state index contributed by atoms with van der Waals surface area (Å²) in [6, 6.07) is 9.59. The second-order valence-electron chi connectivity index (χ2n) is 4.50. The molecule has 2 aromatic rings. The molecule has 0 aliphatic rings. The van der Waals surface area contributed by atoms with E-state index in [0.717, 1.165) is 22.3 Å². The van der Waals surface area contributed by atoms with Crippen molar-refractivity contribution in [3.05, 3.63) is 45.5 Å². The van der Waals surface area contributed by atoms with Gasteiger partial charge in [0.05, 0.1) is 0 Å². The molecule has 19 heavy (non-hydrogen) atoms. The normalized spacial score (nSPS) is 12.6. The first-order chi connectivity index (χ1) is 9.11. The highest BCUT2D eigenvalue weighted by Gasteiger charge is 2.11. The predicted molar refractivity (Wildman–Crippen MR) is 84.1 cm³/mol. The van der Waals surface area contributed by atoms with Gasteiger partial charge in [-0.3, -0.25) is 0 Å². The maximum Gasteiger partial charge on any atom is 0.132 e. The molecule has 1 atom stereocenters. The van der Waals surface area contributed by atoms with Crippen LogP contribution in [-0.4, -0.2) is 6.54 Å². The summed E-state index contributed by atoms with van der Waals surface area (Å²) in [5.41, 5.74) is 0.669. The van der Waals surface area contributed by atoms with Crippen LogP contribution in [0.15, 0.2) is 34.8 Å². The van der Waals surface area contributed by atoms with Gasteiger partial charge in [0.15, 0.2) is 0 Å². The number of rotatable bonds is 5. The van der Waals surface area contributed by atoms with Crippen molar-refractivity contribution in [2.75, 3.05) is 6.54 Å². The molecule has 2 rings (SSSR count). The summed E-state index contributed by atoms with van der Waals surface area (Å²) in [7, 11) is 0. The maximum absolute atomic E-state index is 13.9. The number of halogens is 2. The first kappa shape index (κ1) is 14.7. The number of hydrogen-bond donors (Lipinski definition) is 1. The van der Waals surface area contributed by atoms with Gasteiger partial charge >= 0.3 is 0 Å². The minimum absolute atomic E-state index is 0.183. The summed E-state index contributed by atoms with van der Waals surface area (Å²) in [6.07, 6.45) is 1.11. The Kier molecular flexibility index (Phi) is 5.13.